The normalized spacial score (nSPS) is 12.3. The molecule has 19 heavy (non-hydrogen) atoms. The molecular weight excluding hydrogens is 333 g/mol. The monoisotopic (exact) mass is 343 g/mol. The second-order valence-corrected chi connectivity index (χ2v) is 5.51. The summed E-state index contributed by atoms with van der Waals surface area (Å²) in [6.07, 6.45) is 0. The molecule has 1 atom stereocenters. The van der Waals surface area contributed by atoms with Gasteiger partial charge in [0.2, 0.25) is 0 Å². The van der Waals surface area contributed by atoms with Crippen molar-refractivity contribution < 1.29 is 9.13 Å². The van der Waals surface area contributed by atoms with Crippen molar-refractivity contribution >= 4 is 27.5 Å². The maximum Gasteiger partial charge on any atom is 0.146 e. The van der Waals surface area contributed by atoms with E-state index in [1.165, 1.54) is 12.1 Å². The fraction of sp³-hybridized carbons (Fsp3) is 0.143. The van der Waals surface area contributed by atoms with Gasteiger partial charge in [-0.25, -0.2) is 4.39 Å². The van der Waals surface area contributed by atoms with Gasteiger partial charge in [0.05, 0.1) is 5.02 Å². The van der Waals surface area contributed by atoms with E-state index in [-0.39, 0.29) is 11.9 Å². The first-order valence-corrected chi connectivity index (χ1v) is 6.82. The van der Waals surface area contributed by atoms with E-state index in [1.54, 1.807) is 18.2 Å². The minimum absolute atomic E-state index is 0.102. The fourth-order valence-electron chi connectivity index (χ4n) is 1.60. The Morgan fingerprint density at radius 1 is 1.26 bits per heavy atom. The number of benzene rings is 2. The Morgan fingerprint density at radius 2 is 2.00 bits per heavy atom. The number of ether oxygens (including phenoxy) is 1. The molecule has 0 bridgehead atoms. The van der Waals surface area contributed by atoms with Crippen molar-refractivity contribution in [1.29, 1.82) is 0 Å². The van der Waals surface area contributed by atoms with Crippen LogP contribution in [0.3, 0.4) is 0 Å². The third-order valence-corrected chi connectivity index (χ3v) is 3.30. The molecule has 2 aromatic rings. The molecule has 2 nitrogen and oxygen atoms in total. The quantitative estimate of drug-likeness (QED) is 0.845. The lowest BCUT2D eigenvalue weighted by molar-refractivity contribution is 0.476. The second-order valence-electron chi connectivity index (χ2n) is 4.19. The summed E-state index contributed by atoms with van der Waals surface area (Å²) >= 11 is 9.32. The first-order valence-electron chi connectivity index (χ1n) is 5.64. The molecule has 5 heteroatoms. The third-order valence-electron chi connectivity index (χ3n) is 2.55. The van der Waals surface area contributed by atoms with Crippen LogP contribution in [0.1, 0.15) is 18.5 Å². The van der Waals surface area contributed by atoms with E-state index >= 15 is 0 Å². The molecule has 0 aliphatic heterocycles. The molecule has 0 spiro atoms. The van der Waals surface area contributed by atoms with Gasteiger partial charge >= 0.3 is 0 Å². The van der Waals surface area contributed by atoms with E-state index in [9.17, 15) is 4.39 Å². The zero-order valence-corrected chi connectivity index (χ0v) is 12.5. The van der Waals surface area contributed by atoms with Gasteiger partial charge in [-0.2, -0.15) is 0 Å². The van der Waals surface area contributed by atoms with Crippen LogP contribution in [-0.2, 0) is 0 Å². The summed E-state index contributed by atoms with van der Waals surface area (Å²) in [6, 6.07) is 9.51. The van der Waals surface area contributed by atoms with Gasteiger partial charge in [0, 0.05) is 16.6 Å². The van der Waals surface area contributed by atoms with Gasteiger partial charge < -0.3 is 10.5 Å². The first kappa shape index (κ1) is 14.3. The van der Waals surface area contributed by atoms with Gasteiger partial charge in [0.15, 0.2) is 0 Å². The molecule has 0 saturated heterocycles. The maximum absolute atomic E-state index is 13.2. The number of rotatable bonds is 3. The average molecular weight is 345 g/mol. The van der Waals surface area contributed by atoms with Crippen LogP contribution in [0.25, 0.3) is 0 Å². The van der Waals surface area contributed by atoms with E-state index < -0.39 is 0 Å². The predicted molar refractivity (Wildman–Crippen MR) is 78.2 cm³/mol. The van der Waals surface area contributed by atoms with Gasteiger partial charge in [-0.15, -0.1) is 0 Å². The number of hydrogen-bond acceptors (Lipinski definition) is 2. The first-order chi connectivity index (χ1) is 8.95. The van der Waals surface area contributed by atoms with Crippen LogP contribution >= 0.6 is 27.5 Å². The highest BCUT2D eigenvalue weighted by atomic mass is 79.9. The van der Waals surface area contributed by atoms with Crippen LogP contribution in [0.15, 0.2) is 40.9 Å². The standard InChI is InChI=1S/C14H12BrClFNO/c1-8(18)9-2-3-14(13(16)4-9)19-12-6-10(15)5-11(17)7-12/h2-8H,18H2,1H3/t8-/m1/s1. The van der Waals surface area contributed by atoms with Crippen LogP contribution in [-0.4, -0.2) is 0 Å². The summed E-state index contributed by atoms with van der Waals surface area (Å²) in [7, 11) is 0. The molecule has 0 aliphatic carbocycles. The zero-order valence-electron chi connectivity index (χ0n) is 10.2. The van der Waals surface area contributed by atoms with Gasteiger partial charge in [0.25, 0.3) is 0 Å². The molecule has 0 aromatic heterocycles. The molecule has 0 saturated carbocycles. The van der Waals surface area contributed by atoms with Crippen LogP contribution < -0.4 is 10.5 Å². The van der Waals surface area contributed by atoms with Crippen molar-refractivity contribution in [3.05, 3.63) is 57.3 Å². The van der Waals surface area contributed by atoms with Crippen LogP contribution in [0.5, 0.6) is 11.5 Å². The third kappa shape index (κ3) is 3.69. The van der Waals surface area contributed by atoms with E-state index in [0.717, 1.165) is 5.56 Å². The Bertz CT molecular complexity index is 584. The molecular formula is C14H12BrClFNO. The van der Waals surface area contributed by atoms with Crippen molar-refractivity contribution in [3.8, 4) is 11.5 Å². The lowest BCUT2D eigenvalue weighted by Gasteiger charge is -2.11. The highest BCUT2D eigenvalue weighted by molar-refractivity contribution is 9.10. The van der Waals surface area contributed by atoms with Crippen molar-refractivity contribution in [2.24, 2.45) is 5.73 Å². The summed E-state index contributed by atoms with van der Waals surface area (Å²) in [5.41, 5.74) is 6.68. The summed E-state index contributed by atoms with van der Waals surface area (Å²) in [5, 5.41) is 0.440. The predicted octanol–water partition coefficient (Wildman–Crippen LogP) is 5.05. The molecule has 0 heterocycles. The maximum atomic E-state index is 13.2. The Kier molecular flexibility index (Phi) is 4.45. The van der Waals surface area contributed by atoms with Gasteiger partial charge in [-0.1, -0.05) is 33.6 Å². The van der Waals surface area contributed by atoms with Crippen molar-refractivity contribution in [2.75, 3.05) is 0 Å². The van der Waals surface area contributed by atoms with Gasteiger partial charge in [0.1, 0.15) is 17.3 Å². The van der Waals surface area contributed by atoms with Crippen molar-refractivity contribution in [3.63, 3.8) is 0 Å². The minimum atomic E-state index is -0.382. The zero-order chi connectivity index (χ0) is 14.0. The number of halogens is 3. The lowest BCUT2D eigenvalue weighted by atomic mass is 10.1. The van der Waals surface area contributed by atoms with Crippen LogP contribution in [0, 0.1) is 5.82 Å². The van der Waals surface area contributed by atoms with E-state index in [2.05, 4.69) is 15.9 Å². The largest absolute Gasteiger partial charge is 0.456 e. The Morgan fingerprint density at radius 3 is 2.58 bits per heavy atom. The molecule has 100 valence electrons. The average Bonchev–Trinajstić information content (AvgIpc) is 2.30. The van der Waals surface area contributed by atoms with Crippen molar-refractivity contribution in [2.45, 2.75) is 13.0 Å². The number of hydrogen-bond donors (Lipinski definition) is 1. The molecule has 0 radical (unpaired) electrons. The molecule has 2 N–H and O–H groups in total. The molecule has 2 aromatic carbocycles. The smallest absolute Gasteiger partial charge is 0.146 e. The summed E-state index contributed by atoms with van der Waals surface area (Å²) < 4.78 is 19.4. The molecule has 0 amide bonds. The fourth-order valence-corrected chi connectivity index (χ4v) is 2.27. The lowest BCUT2D eigenvalue weighted by Crippen LogP contribution is -2.04. The van der Waals surface area contributed by atoms with Gasteiger partial charge in [-0.3, -0.25) is 0 Å². The minimum Gasteiger partial charge on any atom is -0.456 e. The summed E-state index contributed by atoms with van der Waals surface area (Å²) in [6.45, 7) is 1.87. The second kappa shape index (κ2) is 5.90. The van der Waals surface area contributed by atoms with E-state index in [1.807, 2.05) is 13.0 Å². The van der Waals surface area contributed by atoms with Gasteiger partial charge in [-0.05, 0) is 36.8 Å². The number of nitrogens with two attached hydrogens (primary N) is 1. The molecule has 0 fully saturated rings. The Hall–Kier alpha value is -1.10. The van der Waals surface area contributed by atoms with E-state index in [4.69, 9.17) is 22.1 Å². The Labute approximate surface area is 124 Å². The van der Waals surface area contributed by atoms with Crippen LogP contribution in [0.4, 0.5) is 4.39 Å². The van der Waals surface area contributed by atoms with E-state index in [0.29, 0.717) is 21.0 Å². The van der Waals surface area contributed by atoms with Crippen molar-refractivity contribution in [1.82, 2.24) is 0 Å². The molecule has 0 unspecified atom stereocenters. The SMILES string of the molecule is C[C@@H](N)c1ccc(Oc2cc(F)cc(Br)c2)c(Cl)c1. The van der Waals surface area contributed by atoms with Crippen LogP contribution in [0.2, 0.25) is 5.02 Å². The topological polar surface area (TPSA) is 35.2 Å². The highest BCUT2D eigenvalue weighted by Crippen LogP contribution is 2.32. The highest BCUT2D eigenvalue weighted by Gasteiger charge is 2.08. The summed E-state index contributed by atoms with van der Waals surface area (Å²) in [4.78, 5) is 0. The Balaban J connectivity index is 2.28. The molecule has 2 rings (SSSR count). The molecule has 0 aliphatic rings. The summed E-state index contributed by atoms with van der Waals surface area (Å²) in [5.74, 6) is 0.457.